The molecule has 1 aliphatic carbocycles. The van der Waals surface area contributed by atoms with E-state index in [0.29, 0.717) is 30.9 Å². The quantitative estimate of drug-likeness (QED) is 0.825. The molecule has 0 spiro atoms. The van der Waals surface area contributed by atoms with Gasteiger partial charge in [0, 0.05) is 30.2 Å². The van der Waals surface area contributed by atoms with Crippen molar-refractivity contribution in [2.24, 2.45) is 0 Å². The van der Waals surface area contributed by atoms with E-state index in [9.17, 15) is 4.79 Å². The highest BCUT2D eigenvalue weighted by molar-refractivity contribution is 7.15. The van der Waals surface area contributed by atoms with E-state index in [2.05, 4.69) is 15.2 Å². The number of amides is 1. The van der Waals surface area contributed by atoms with Crippen LogP contribution in [-0.2, 0) is 16.1 Å². The number of morpholine rings is 1. The summed E-state index contributed by atoms with van der Waals surface area (Å²) < 4.78 is 5.44. The zero-order valence-corrected chi connectivity index (χ0v) is 11.5. The van der Waals surface area contributed by atoms with Gasteiger partial charge in [-0.3, -0.25) is 9.69 Å². The van der Waals surface area contributed by atoms with Crippen molar-refractivity contribution >= 4 is 22.4 Å². The van der Waals surface area contributed by atoms with Gasteiger partial charge in [0.05, 0.1) is 13.2 Å². The smallest absolute Gasteiger partial charge is 0.239 e. The maximum atomic E-state index is 12.2. The van der Waals surface area contributed by atoms with Crippen molar-refractivity contribution in [1.82, 2.24) is 15.2 Å². The minimum Gasteiger partial charge on any atom is -0.378 e. The summed E-state index contributed by atoms with van der Waals surface area (Å²) in [6, 6.07) is 0.188. The molecule has 0 aromatic carbocycles. The third-order valence-electron chi connectivity index (χ3n) is 3.40. The molecule has 2 fully saturated rings. The normalized spacial score (nSPS) is 24.3. The number of carbonyl (C=O) groups is 1. The fraction of sp³-hybridized carbons (Fsp3) is 0.667. The summed E-state index contributed by atoms with van der Waals surface area (Å²) in [5.74, 6) is 0.0830. The summed E-state index contributed by atoms with van der Waals surface area (Å²) in [5.41, 5.74) is 5.64. The molecule has 1 unspecified atom stereocenters. The first-order chi connectivity index (χ1) is 9.22. The summed E-state index contributed by atoms with van der Waals surface area (Å²) in [7, 11) is 0. The lowest BCUT2D eigenvalue weighted by Gasteiger charge is -2.34. The van der Waals surface area contributed by atoms with Crippen molar-refractivity contribution in [3.8, 4) is 0 Å². The largest absolute Gasteiger partial charge is 0.378 e. The summed E-state index contributed by atoms with van der Waals surface area (Å²) in [4.78, 5) is 19.5. The molecule has 2 heterocycles. The Hall–Kier alpha value is -1.18. The maximum absolute atomic E-state index is 12.2. The van der Waals surface area contributed by atoms with Crippen LogP contribution in [0.25, 0.3) is 0 Å². The monoisotopic (exact) mass is 282 g/mol. The van der Waals surface area contributed by atoms with Gasteiger partial charge in [-0.15, -0.1) is 11.3 Å². The van der Waals surface area contributed by atoms with Crippen LogP contribution in [0.1, 0.15) is 17.7 Å². The Balaban J connectivity index is 1.64. The standard InChI is InChI=1S/C12H18N4O2S/c13-12-14-5-9(19-12)6-16-3-4-18-7-10(16)11(17)15-8-1-2-8/h5,8,10H,1-4,6-7H2,(H2,13,14)(H,15,17). The molecular formula is C12H18N4O2S. The molecule has 1 saturated carbocycles. The van der Waals surface area contributed by atoms with Crippen molar-refractivity contribution in [3.63, 3.8) is 0 Å². The average molecular weight is 282 g/mol. The second-order valence-electron chi connectivity index (χ2n) is 5.01. The molecule has 6 nitrogen and oxygen atoms in total. The molecule has 3 rings (SSSR count). The molecule has 1 aliphatic heterocycles. The molecule has 1 aromatic heterocycles. The second kappa shape index (κ2) is 5.44. The van der Waals surface area contributed by atoms with Gasteiger partial charge in [-0.1, -0.05) is 0 Å². The second-order valence-corrected chi connectivity index (χ2v) is 6.16. The number of anilines is 1. The number of rotatable bonds is 4. The summed E-state index contributed by atoms with van der Waals surface area (Å²) in [6.07, 6.45) is 3.99. The first-order valence-electron chi connectivity index (χ1n) is 6.55. The molecule has 0 radical (unpaired) electrons. The van der Waals surface area contributed by atoms with E-state index in [-0.39, 0.29) is 11.9 Å². The van der Waals surface area contributed by atoms with Crippen molar-refractivity contribution < 1.29 is 9.53 Å². The van der Waals surface area contributed by atoms with Crippen LogP contribution in [0.15, 0.2) is 6.20 Å². The third kappa shape index (κ3) is 3.23. The number of nitrogens with two attached hydrogens (primary N) is 1. The number of nitrogens with one attached hydrogen (secondary N) is 1. The van der Waals surface area contributed by atoms with Gasteiger partial charge in [0.15, 0.2) is 5.13 Å². The zero-order valence-electron chi connectivity index (χ0n) is 10.7. The Bertz CT molecular complexity index is 460. The van der Waals surface area contributed by atoms with Crippen LogP contribution in [0, 0.1) is 0 Å². The third-order valence-corrected chi connectivity index (χ3v) is 4.21. The highest BCUT2D eigenvalue weighted by atomic mass is 32.1. The van der Waals surface area contributed by atoms with Crippen LogP contribution in [0.3, 0.4) is 0 Å². The molecule has 1 amide bonds. The number of hydrogen-bond acceptors (Lipinski definition) is 6. The Morgan fingerprint density at radius 1 is 1.63 bits per heavy atom. The lowest BCUT2D eigenvalue weighted by molar-refractivity contribution is -0.133. The van der Waals surface area contributed by atoms with Crippen molar-refractivity contribution in [3.05, 3.63) is 11.1 Å². The molecule has 3 N–H and O–H groups in total. The van der Waals surface area contributed by atoms with Crippen LogP contribution in [-0.4, -0.2) is 47.6 Å². The first-order valence-corrected chi connectivity index (χ1v) is 7.36. The van der Waals surface area contributed by atoms with E-state index in [1.54, 1.807) is 6.20 Å². The maximum Gasteiger partial charge on any atom is 0.239 e. The Morgan fingerprint density at radius 2 is 2.47 bits per heavy atom. The van der Waals surface area contributed by atoms with Gasteiger partial charge in [0.25, 0.3) is 0 Å². The number of nitrogens with zero attached hydrogens (tertiary/aromatic N) is 2. The number of aromatic nitrogens is 1. The molecule has 7 heteroatoms. The fourth-order valence-electron chi connectivity index (χ4n) is 2.19. The number of ether oxygens (including phenoxy) is 1. The predicted octanol–water partition coefficient (Wildman–Crippen LogP) is 0.205. The Kier molecular flexibility index (Phi) is 3.67. The molecule has 104 valence electrons. The number of nitrogen functional groups attached to an aromatic ring is 1. The fourth-order valence-corrected chi connectivity index (χ4v) is 2.90. The SMILES string of the molecule is Nc1ncc(CN2CCOCC2C(=O)NC2CC2)s1. The van der Waals surface area contributed by atoms with Crippen molar-refractivity contribution in [2.45, 2.75) is 31.5 Å². The van der Waals surface area contributed by atoms with E-state index in [1.165, 1.54) is 11.3 Å². The van der Waals surface area contributed by atoms with Crippen LogP contribution < -0.4 is 11.1 Å². The van der Waals surface area contributed by atoms with Crippen molar-refractivity contribution in [1.29, 1.82) is 0 Å². The lowest BCUT2D eigenvalue weighted by Crippen LogP contribution is -2.53. The highest BCUT2D eigenvalue weighted by Crippen LogP contribution is 2.22. The summed E-state index contributed by atoms with van der Waals surface area (Å²) in [6.45, 7) is 2.61. The van der Waals surface area contributed by atoms with Gasteiger partial charge in [0.2, 0.25) is 5.91 Å². The van der Waals surface area contributed by atoms with Gasteiger partial charge in [-0.2, -0.15) is 0 Å². The number of carbonyl (C=O) groups excluding carboxylic acids is 1. The average Bonchev–Trinajstić information content (AvgIpc) is 3.12. The zero-order chi connectivity index (χ0) is 13.2. The van der Waals surface area contributed by atoms with E-state index in [1.807, 2.05) is 0 Å². The Morgan fingerprint density at radius 3 is 3.16 bits per heavy atom. The van der Waals surface area contributed by atoms with Crippen LogP contribution >= 0.6 is 11.3 Å². The highest BCUT2D eigenvalue weighted by Gasteiger charge is 2.33. The van der Waals surface area contributed by atoms with Crippen LogP contribution in [0.5, 0.6) is 0 Å². The van der Waals surface area contributed by atoms with Gasteiger partial charge in [0.1, 0.15) is 6.04 Å². The number of thiazole rings is 1. The number of hydrogen-bond donors (Lipinski definition) is 2. The predicted molar refractivity (Wildman–Crippen MR) is 72.7 cm³/mol. The minimum atomic E-state index is -0.197. The first kappa shape index (κ1) is 12.8. The Labute approximate surface area is 115 Å². The van der Waals surface area contributed by atoms with Crippen LogP contribution in [0.4, 0.5) is 5.13 Å². The lowest BCUT2D eigenvalue weighted by atomic mass is 10.2. The van der Waals surface area contributed by atoms with Crippen LogP contribution in [0.2, 0.25) is 0 Å². The summed E-state index contributed by atoms with van der Waals surface area (Å²) in [5, 5.41) is 3.62. The molecular weight excluding hydrogens is 264 g/mol. The molecule has 19 heavy (non-hydrogen) atoms. The molecule has 0 bridgehead atoms. The van der Waals surface area contributed by atoms with Gasteiger partial charge >= 0.3 is 0 Å². The molecule has 2 aliphatic rings. The van der Waals surface area contributed by atoms with E-state index in [0.717, 1.165) is 24.3 Å². The van der Waals surface area contributed by atoms with Gasteiger partial charge in [-0.25, -0.2) is 4.98 Å². The van der Waals surface area contributed by atoms with E-state index < -0.39 is 0 Å². The van der Waals surface area contributed by atoms with Gasteiger partial charge in [-0.05, 0) is 12.8 Å². The molecule has 1 saturated heterocycles. The molecule has 1 atom stereocenters. The topological polar surface area (TPSA) is 80.5 Å². The van der Waals surface area contributed by atoms with E-state index in [4.69, 9.17) is 10.5 Å². The molecule has 1 aromatic rings. The summed E-state index contributed by atoms with van der Waals surface area (Å²) >= 11 is 1.47. The van der Waals surface area contributed by atoms with Crippen molar-refractivity contribution in [2.75, 3.05) is 25.5 Å². The van der Waals surface area contributed by atoms with E-state index >= 15 is 0 Å². The minimum absolute atomic E-state index is 0.0830. The van der Waals surface area contributed by atoms with Gasteiger partial charge < -0.3 is 15.8 Å².